The molecule has 0 amide bonds. The molecule has 0 aliphatic heterocycles. The van der Waals surface area contributed by atoms with Crippen molar-refractivity contribution >= 4 is 0 Å². The highest BCUT2D eigenvalue weighted by Gasteiger charge is 1.83. The summed E-state index contributed by atoms with van der Waals surface area (Å²) in [6, 6.07) is 0. The molecule has 88 valence electrons. The Hall–Kier alpha value is -0.900. The van der Waals surface area contributed by atoms with Crippen LogP contribution < -0.4 is 5.32 Å². The summed E-state index contributed by atoms with van der Waals surface area (Å²) in [4.78, 5) is 3.67. The van der Waals surface area contributed by atoms with Crippen molar-refractivity contribution in [3.63, 3.8) is 0 Å². The number of hydrogen-bond donors (Lipinski definition) is 1. The maximum atomic E-state index is 3.72. The fraction of sp³-hybridized carbons (Fsp3) is 0.818. The summed E-state index contributed by atoms with van der Waals surface area (Å²) in [5, 5.41) is 7.11. The van der Waals surface area contributed by atoms with E-state index in [4.69, 9.17) is 0 Å². The third-order valence-corrected chi connectivity index (χ3v) is 1.95. The van der Waals surface area contributed by atoms with Gasteiger partial charge in [-0.25, -0.2) is 4.98 Å². The molecule has 1 heterocycles. The number of unbranched alkanes of at least 4 members (excludes halogenated alkanes) is 2. The van der Waals surface area contributed by atoms with Crippen molar-refractivity contribution < 1.29 is 0 Å². The summed E-state index contributed by atoms with van der Waals surface area (Å²) >= 11 is 0. The van der Waals surface area contributed by atoms with Gasteiger partial charge in [-0.2, -0.15) is 5.10 Å². The van der Waals surface area contributed by atoms with Crippen molar-refractivity contribution in [2.24, 2.45) is 7.05 Å². The topological polar surface area (TPSA) is 42.7 Å². The largest absolute Gasteiger partial charge is 0.317 e. The van der Waals surface area contributed by atoms with Gasteiger partial charge in [-0.05, 0) is 25.9 Å². The van der Waals surface area contributed by atoms with Crippen LogP contribution in [-0.2, 0) is 7.05 Å². The lowest BCUT2D eigenvalue weighted by molar-refractivity contribution is 0.611. The summed E-state index contributed by atoms with van der Waals surface area (Å²) < 4.78 is 1.64. The van der Waals surface area contributed by atoms with Crippen LogP contribution in [-0.4, -0.2) is 27.9 Å². The molecule has 0 spiro atoms. The Bertz CT molecular complexity index is 190. The van der Waals surface area contributed by atoms with Gasteiger partial charge in [-0.15, -0.1) is 0 Å². The van der Waals surface area contributed by atoms with E-state index in [2.05, 4.69) is 29.2 Å². The molecule has 1 aromatic heterocycles. The fourth-order valence-electron chi connectivity index (χ4n) is 0.996. The van der Waals surface area contributed by atoms with E-state index >= 15 is 0 Å². The standard InChI is InChI=1S/C8H19N.C3H5N3/c1-3-5-7-9-8-6-4-2;1-6-3-4-2-5-6/h9H,3-8H2,1-2H3;2-3H,1H3. The Morgan fingerprint density at radius 1 is 1.13 bits per heavy atom. The smallest absolute Gasteiger partial charge is 0.137 e. The van der Waals surface area contributed by atoms with Gasteiger partial charge in [-0.1, -0.05) is 26.7 Å². The second kappa shape index (κ2) is 11.2. The van der Waals surface area contributed by atoms with Crippen LogP contribution in [0.15, 0.2) is 12.7 Å². The van der Waals surface area contributed by atoms with Crippen LogP contribution in [0.2, 0.25) is 0 Å². The lowest BCUT2D eigenvalue weighted by atomic mass is 10.3. The number of nitrogens with zero attached hydrogens (tertiary/aromatic N) is 3. The molecule has 0 aromatic carbocycles. The van der Waals surface area contributed by atoms with Gasteiger partial charge in [0.15, 0.2) is 0 Å². The van der Waals surface area contributed by atoms with Gasteiger partial charge < -0.3 is 5.32 Å². The first-order valence-electron chi connectivity index (χ1n) is 5.80. The lowest BCUT2D eigenvalue weighted by Crippen LogP contribution is -2.15. The molecule has 0 bridgehead atoms. The zero-order chi connectivity index (χ0) is 11.4. The van der Waals surface area contributed by atoms with Gasteiger partial charge in [-0.3, -0.25) is 4.68 Å². The minimum atomic E-state index is 1.20. The quantitative estimate of drug-likeness (QED) is 0.733. The van der Waals surface area contributed by atoms with E-state index in [0.29, 0.717) is 0 Å². The summed E-state index contributed by atoms with van der Waals surface area (Å²) in [5.74, 6) is 0. The number of rotatable bonds is 6. The maximum absolute atomic E-state index is 3.72. The number of hydrogen-bond acceptors (Lipinski definition) is 3. The highest BCUT2D eigenvalue weighted by molar-refractivity contribution is 4.49. The van der Waals surface area contributed by atoms with Gasteiger partial charge in [0.25, 0.3) is 0 Å². The normalized spacial score (nSPS) is 9.53. The van der Waals surface area contributed by atoms with Gasteiger partial charge in [0.05, 0.1) is 0 Å². The van der Waals surface area contributed by atoms with Crippen LogP contribution in [0.25, 0.3) is 0 Å². The Morgan fingerprint density at radius 3 is 2.00 bits per heavy atom. The Labute approximate surface area is 93.1 Å². The third-order valence-electron chi connectivity index (χ3n) is 1.95. The molecular formula is C11H24N4. The van der Waals surface area contributed by atoms with E-state index in [9.17, 15) is 0 Å². The molecule has 0 aliphatic rings. The van der Waals surface area contributed by atoms with Crippen LogP contribution in [0.3, 0.4) is 0 Å². The van der Waals surface area contributed by atoms with Gasteiger partial charge in [0.1, 0.15) is 12.7 Å². The zero-order valence-electron chi connectivity index (χ0n) is 10.2. The van der Waals surface area contributed by atoms with Crippen LogP contribution in [0.4, 0.5) is 0 Å². The predicted octanol–water partition coefficient (Wildman–Crippen LogP) is 1.99. The average molecular weight is 212 g/mol. The van der Waals surface area contributed by atoms with E-state index in [0.717, 1.165) is 0 Å². The molecule has 1 aromatic rings. The number of aryl methyl sites for hydroxylation is 1. The second-order valence-corrected chi connectivity index (χ2v) is 3.53. The van der Waals surface area contributed by atoms with Gasteiger partial charge in [0, 0.05) is 7.05 Å². The Balaban J connectivity index is 0.000000280. The van der Waals surface area contributed by atoms with E-state index in [1.807, 2.05) is 7.05 Å². The van der Waals surface area contributed by atoms with Crippen molar-refractivity contribution in [3.05, 3.63) is 12.7 Å². The molecule has 15 heavy (non-hydrogen) atoms. The SMILES string of the molecule is CCCCNCCCC.Cn1cncn1. The van der Waals surface area contributed by atoms with Crippen molar-refractivity contribution in [1.82, 2.24) is 20.1 Å². The molecule has 0 atom stereocenters. The van der Waals surface area contributed by atoms with Crippen LogP contribution in [0.1, 0.15) is 39.5 Å². The molecule has 0 saturated carbocycles. The van der Waals surface area contributed by atoms with Crippen LogP contribution >= 0.6 is 0 Å². The highest BCUT2D eigenvalue weighted by Crippen LogP contribution is 1.85. The molecule has 0 fully saturated rings. The monoisotopic (exact) mass is 212 g/mol. The minimum Gasteiger partial charge on any atom is -0.317 e. The Kier molecular flexibility index (Phi) is 10.5. The number of aromatic nitrogens is 3. The van der Waals surface area contributed by atoms with E-state index in [-0.39, 0.29) is 0 Å². The highest BCUT2D eigenvalue weighted by atomic mass is 15.3. The van der Waals surface area contributed by atoms with Crippen LogP contribution in [0, 0.1) is 0 Å². The third kappa shape index (κ3) is 11.0. The molecule has 4 nitrogen and oxygen atoms in total. The van der Waals surface area contributed by atoms with E-state index in [1.54, 1.807) is 11.0 Å². The molecule has 1 rings (SSSR count). The van der Waals surface area contributed by atoms with Crippen molar-refractivity contribution in [3.8, 4) is 0 Å². The van der Waals surface area contributed by atoms with E-state index in [1.165, 1.54) is 45.1 Å². The summed E-state index contributed by atoms with van der Waals surface area (Å²) in [6.07, 6.45) is 8.39. The Morgan fingerprint density at radius 2 is 1.73 bits per heavy atom. The van der Waals surface area contributed by atoms with Gasteiger partial charge in [0.2, 0.25) is 0 Å². The molecule has 1 N–H and O–H groups in total. The molecule has 0 radical (unpaired) electrons. The summed E-state index contributed by atoms with van der Waals surface area (Å²) in [5.41, 5.74) is 0. The maximum Gasteiger partial charge on any atom is 0.137 e. The van der Waals surface area contributed by atoms with Crippen LogP contribution in [0.5, 0.6) is 0 Å². The average Bonchev–Trinajstić information content (AvgIpc) is 2.70. The van der Waals surface area contributed by atoms with Crippen molar-refractivity contribution in [2.45, 2.75) is 39.5 Å². The van der Waals surface area contributed by atoms with Gasteiger partial charge >= 0.3 is 0 Å². The molecule has 0 unspecified atom stereocenters. The fourth-order valence-corrected chi connectivity index (χ4v) is 0.996. The molecule has 0 saturated heterocycles. The number of nitrogens with one attached hydrogen (secondary N) is 1. The molecule has 4 heteroatoms. The minimum absolute atomic E-state index is 1.20. The summed E-state index contributed by atoms with van der Waals surface area (Å²) in [7, 11) is 1.83. The molecule has 0 aliphatic carbocycles. The predicted molar refractivity (Wildman–Crippen MR) is 63.7 cm³/mol. The zero-order valence-corrected chi connectivity index (χ0v) is 10.2. The first-order chi connectivity index (χ1) is 7.31. The van der Waals surface area contributed by atoms with Crippen molar-refractivity contribution in [1.29, 1.82) is 0 Å². The first kappa shape index (κ1) is 14.1. The second-order valence-electron chi connectivity index (χ2n) is 3.53. The van der Waals surface area contributed by atoms with E-state index < -0.39 is 0 Å². The van der Waals surface area contributed by atoms with Crippen molar-refractivity contribution in [2.75, 3.05) is 13.1 Å². The lowest BCUT2D eigenvalue weighted by Gasteiger charge is -1.99. The summed E-state index contributed by atoms with van der Waals surface area (Å²) in [6.45, 7) is 6.86. The first-order valence-corrected chi connectivity index (χ1v) is 5.80. The molecular weight excluding hydrogens is 188 g/mol.